The van der Waals surface area contributed by atoms with Crippen LogP contribution >= 0.6 is 0 Å². The molecule has 31 heavy (non-hydrogen) atoms. The zero-order valence-corrected chi connectivity index (χ0v) is 18.3. The summed E-state index contributed by atoms with van der Waals surface area (Å²) < 4.78 is 11.5. The molecule has 7 nitrogen and oxygen atoms in total. The molecule has 0 aliphatic carbocycles. The highest BCUT2D eigenvalue weighted by Crippen LogP contribution is 2.17. The maximum atomic E-state index is 5.76. The first-order valence-corrected chi connectivity index (χ1v) is 11.0. The summed E-state index contributed by atoms with van der Waals surface area (Å²) in [5, 5.41) is 3.12. The molecule has 0 radical (unpaired) electrons. The zero-order valence-electron chi connectivity index (χ0n) is 18.3. The topological polar surface area (TPSA) is 61.7 Å². The van der Waals surface area contributed by atoms with Gasteiger partial charge in [-0.3, -0.25) is 5.32 Å². The Bertz CT molecular complexity index is 814. The fourth-order valence-corrected chi connectivity index (χ4v) is 3.87. The molecule has 0 fully saturated rings. The van der Waals surface area contributed by atoms with Crippen molar-refractivity contribution < 1.29 is 9.47 Å². The molecule has 1 N–H and O–H groups in total. The highest BCUT2D eigenvalue weighted by atomic mass is 16.5. The monoisotopic (exact) mass is 421 g/mol. The largest absolute Gasteiger partial charge is 0.463 e. The third-order valence-electron chi connectivity index (χ3n) is 5.51. The summed E-state index contributed by atoms with van der Waals surface area (Å²) in [7, 11) is 0. The molecule has 0 saturated heterocycles. The number of amidine groups is 2. The highest BCUT2D eigenvalue weighted by molar-refractivity contribution is 5.94. The van der Waals surface area contributed by atoms with Crippen molar-refractivity contribution in [3.05, 3.63) is 60.7 Å². The van der Waals surface area contributed by atoms with Gasteiger partial charge in [-0.2, -0.15) is 0 Å². The smallest absolute Gasteiger partial charge is 0.293 e. The van der Waals surface area contributed by atoms with Gasteiger partial charge in [0.1, 0.15) is 25.3 Å². The zero-order chi connectivity index (χ0) is 21.5. The summed E-state index contributed by atoms with van der Waals surface area (Å²) in [6.45, 7) is 8.88. The summed E-state index contributed by atoms with van der Waals surface area (Å²) in [4.78, 5) is 14.0. The van der Waals surface area contributed by atoms with Gasteiger partial charge in [-0.25, -0.2) is 9.98 Å². The second-order valence-electron chi connectivity index (χ2n) is 7.67. The molecule has 2 aromatic rings. The number of rotatable bonds is 8. The lowest BCUT2D eigenvalue weighted by Gasteiger charge is -2.24. The van der Waals surface area contributed by atoms with Crippen LogP contribution in [0, 0.1) is 0 Å². The van der Waals surface area contributed by atoms with E-state index < -0.39 is 0 Å². The molecule has 0 aromatic heterocycles. The van der Waals surface area contributed by atoms with Crippen molar-refractivity contribution >= 4 is 23.4 Å². The Morgan fingerprint density at radius 1 is 0.742 bits per heavy atom. The van der Waals surface area contributed by atoms with Gasteiger partial charge in [-0.05, 0) is 38.1 Å². The molecule has 0 bridgehead atoms. The average Bonchev–Trinajstić information content (AvgIpc) is 3.46. The number of para-hydroxylation sites is 2. The Labute approximate surface area is 184 Å². The standard InChI is InChI=1S/C24H31N5O2/c1-3-28(21-11-7-5-8-12-21)15-19-17-30-23(25-19)27-24-26-20(18-31-24)16-29(4-2)22-13-9-6-10-14-22/h5-14,19-20H,3-4,15-18H2,1-2H3,(H,25,26,27). The van der Waals surface area contributed by atoms with E-state index in [4.69, 9.17) is 9.47 Å². The molecular formula is C24H31N5O2. The van der Waals surface area contributed by atoms with E-state index in [2.05, 4.69) is 87.5 Å². The normalized spacial score (nSPS) is 19.8. The number of ether oxygens (including phenoxy) is 2. The van der Waals surface area contributed by atoms with Gasteiger partial charge < -0.3 is 19.3 Å². The number of anilines is 2. The molecule has 2 unspecified atom stereocenters. The van der Waals surface area contributed by atoms with E-state index in [0.717, 1.165) is 26.2 Å². The average molecular weight is 422 g/mol. The molecule has 0 saturated carbocycles. The molecule has 2 aromatic carbocycles. The summed E-state index contributed by atoms with van der Waals surface area (Å²) in [6.07, 6.45) is 0. The minimum atomic E-state index is 0.0779. The number of hydrogen-bond acceptors (Lipinski definition) is 7. The molecular weight excluding hydrogens is 390 g/mol. The van der Waals surface area contributed by atoms with E-state index in [0.29, 0.717) is 25.3 Å². The van der Waals surface area contributed by atoms with Crippen LogP contribution in [-0.4, -0.2) is 63.5 Å². The van der Waals surface area contributed by atoms with Crippen LogP contribution in [-0.2, 0) is 9.47 Å². The van der Waals surface area contributed by atoms with Gasteiger partial charge in [0.25, 0.3) is 12.0 Å². The maximum absolute atomic E-state index is 5.76. The van der Waals surface area contributed by atoms with Crippen LogP contribution in [0.4, 0.5) is 11.4 Å². The summed E-state index contributed by atoms with van der Waals surface area (Å²) in [5.74, 6) is 0. The molecule has 2 aliphatic heterocycles. The van der Waals surface area contributed by atoms with Gasteiger partial charge in [-0.1, -0.05) is 36.4 Å². The number of likely N-dealkylation sites (N-methyl/N-ethyl adjacent to an activating group) is 2. The first kappa shape index (κ1) is 21.0. The molecule has 7 heteroatoms. The Balaban J connectivity index is 1.31. The van der Waals surface area contributed by atoms with Crippen molar-refractivity contribution in [1.29, 1.82) is 0 Å². The number of nitrogens with zero attached hydrogens (tertiary/aromatic N) is 4. The van der Waals surface area contributed by atoms with Gasteiger partial charge in [0.15, 0.2) is 0 Å². The van der Waals surface area contributed by atoms with Crippen LogP contribution < -0.4 is 15.1 Å². The number of hydrogen-bond donors (Lipinski definition) is 1. The molecule has 2 atom stereocenters. The lowest BCUT2D eigenvalue weighted by atomic mass is 10.2. The second kappa shape index (κ2) is 10.2. The van der Waals surface area contributed by atoms with Gasteiger partial charge in [0.2, 0.25) is 0 Å². The molecule has 2 heterocycles. The van der Waals surface area contributed by atoms with Gasteiger partial charge in [0, 0.05) is 37.6 Å². The lowest BCUT2D eigenvalue weighted by molar-refractivity contribution is 0.292. The highest BCUT2D eigenvalue weighted by Gasteiger charge is 2.26. The van der Waals surface area contributed by atoms with E-state index in [1.807, 2.05) is 12.1 Å². The lowest BCUT2D eigenvalue weighted by Crippen LogP contribution is -2.32. The van der Waals surface area contributed by atoms with Crippen molar-refractivity contribution in [1.82, 2.24) is 5.32 Å². The summed E-state index contributed by atoms with van der Waals surface area (Å²) in [6, 6.07) is 21.9. The minimum Gasteiger partial charge on any atom is -0.463 e. The fourth-order valence-electron chi connectivity index (χ4n) is 3.87. The molecule has 2 aliphatic rings. The number of benzene rings is 2. The van der Waals surface area contributed by atoms with Crippen molar-refractivity contribution in [2.75, 3.05) is 49.2 Å². The SMILES string of the molecule is CCN(CC1COC(NC2=NC(CN(CC)c3ccccc3)CO2)=N1)c1ccccc1. The molecule has 0 spiro atoms. The van der Waals surface area contributed by atoms with E-state index in [-0.39, 0.29) is 12.1 Å². The first-order valence-electron chi connectivity index (χ1n) is 11.0. The summed E-state index contributed by atoms with van der Waals surface area (Å²) >= 11 is 0. The summed E-state index contributed by atoms with van der Waals surface area (Å²) in [5.41, 5.74) is 2.40. The van der Waals surface area contributed by atoms with Crippen LogP contribution in [0.2, 0.25) is 0 Å². The second-order valence-corrected chi connectivity index (χ2v) is 7.67. The van der Waals surface area contributed by atoms with E-state index in [9.17, 15) is 0 Å². The van der Waals surface area contributed by atoms with Gasteiger partial charge >= 0.3 is 0 Å². The molecule has 164 valence electrons. The third kappa shape index (κ3) is 5.48. The van der Waals surface area contributed by atoms with Crippen LogP contribution in [0.1, 0.15) is 13.8 Å². The first-order chi connectivity index (χ1) is 15.2. The van der Waals surface area contributed by atoms with Crippen LogP contribution in [0.15, 0.2) is 70.6 Å². The maximum Gasteiger partial charge on any atom is 0.293 e. The molecule has 4 rings (SSSR count). The minimum absolute atomic E-state index is 0.0779. The van der Waals surface area contributed by atoms with Crippen molar-refractivity contribution in [3.63, 3.8) is 0 Å². The van der Waals surface area contributed by atoms with Crippen LogP contribution in [0.5, 0.6) is 0 Å². The van der Waals surface area contributed by atoms with E-state index in [1.54, 1.807) is 0 Å². The Hall–Kier alpha value is -3.22. The Morgan fingerprint density at radius 2 is 1.16 bits per heavy atom. The Morgan fingerprint density at radius 3 is 1.55 bits per heavy atom. The van der Waals surface area contributed by atoms with E-state index in [1.165, 1.54) is 11.4 Å². The van der Waals surface area contributed by atoms with Gasteiger partial charge in [0.05, 0.1) is 0 Å². The van der Waals surface area contributed by atoms with Crippen molar-refractivity contribution in [2.45, 2.75) is 25.9 Å². The Kier molecular flexibility index (Phi) is 6.92. The fraction of sp³-hybridized carbons (Fsp3) is 0.417. The quantitative estimate of drug-likeness (QED) is 0.710. The number of nitrogens with one attached hydrogen (secondary N) is 1. The van der Waals surface area contributed by atoms with Crippen molar-refractivity contribution in [3.8, 4) is 0 Å². The molecule has 0 amide bonds. The third-order valence-corrected chi connectivity index (χ3v) is 5.51. The van der Waals surface area contributed by atoms with Crippen LogP contribution in [0.3, 0.4) is 0 Å². The predicted octanol–water partition coefficient (Wildman–Crippen LogP) is 3.14. The predicted molar refractivity (Wildman–Crippen MR) is 126 cm³/mol. The van der Waals surface area contributed by atoms with Crippen molar-refractivity contribution in [2.24, 2.45) is 9.98 Å². The van der Waals surface area contributed by atoms with Gasteiger partial charge in [-0.15, -0.1) is 0 Å². The number of aliphatic imine (C=N–C) groups is 2. The van der Waals surface area contributed by atoms with Crippen LogP contribution in [0.25, 0.3) is 0 Å². The van der Waals surface area contributed by atoms with E-state index >= 15 is 0 Å².